The molecule has 8 nitrogen and oxygen atoms in total. The highest BCUT2D eigenvalue weighted by Gasteiger charge is 2.30. The van der Waals surface area contributed by atoms with E-state index in [-0.39, 0.29) is 13.0 Å². The van der Waals surface area contributed by atoms with Crippen LogP contribution in [0.15, 0.2) is 84.9 Å². The first-order valence-corrected chi connectivity index (χ1v) is 11.9. The zero-order valence-electron chi connectivity index (χ0n) is 21.3. The zero-order valence-corrected chi connectivity index (χ0v) is 21.3. The Morgan fingerprint density at radius 3 is 1.95 bits per heavy atom. The van der Waals surface area contributed by atoms with Gasteiger partial charge >= 0.3 is 12.1 Å². The molecule has 0 spiro atoms. The van der Waals surface area contributed by atoms with Crippen LogP contribution in [0, 0.1) is 0 Å². The van der Waals surface area contributed by atoms with E-state index in [1.54, 1.807) is 6.92 Å². The molecule has 0 fully saturated rings. The van der Waals surface area contributed by atoms with Crippen LogP contribution in [0.4, 0.5) is 4.79 Å². The molecular weight excluding hydrogens is 472 g/mol. The predicted octanol–water partition coefficient (Wildman–Crippen LogP) is 4.12. The Kier molecular flexibility index (Phi) is 10.1. The highest BCUT2D eigenvalue weighted by atomic mass is 16.5. The van der Waals surface area contributed by atoms with Crippen molar-refractivity contribution in [1.82, 2.24) is 10.2 Å². The molecule has 37 heavy (non-hydrogen) atoms. The number of alkyl carbamates (subject to hydrolysis) is 1. The van der Waals surface area contributed by atoms with Gasteiger partial charge in [0.2, 0.25) is 5.91 Å². The molecule has 8 heteroatoms. The fourth-order valence-electron chi connectivity index (χ4n) is 3.57. The summed E-state index contributed by atoms with van der Waals surface area (Å²) < 4.78 is 15.9. The fourth-order valence-corrected chi connectivity index (χ4v) is 3.57. The molecule has 0 saturated carbocycles. The minimum atomic E-state index is -0.962. The molecule has 0 aliphatic rings. The molecule has 0 aromatic heterocycles. The fraction of sp³-hybridized carbons (Fsp3) is 0.276. The van der Waals surface area contributed by atoms with Gasteiger partial charge in [0.05, 0.1) is 7.11 Å². The average molecular weight is 505 g/mol. The molecule has 2 atom stereocenters. The highest BCUT2D eigenvalue weighted by Crippen LogP contribution is 2.16. The van der Waals surface area contributed by atoms with Gasteiger partial charge in [0.15, 0.2) is 0 Å². The number of hydrogen-bond donors (Lipinski definition) is 1. The Labute approximate surface area is 217 Å². The summed E-state index contributed by atoms with van der Waals surface area (Å²) >= 11 is 0. The molecular formula is C29H32N2O6. The number of carbonyl (C=O) groups is 3. The van der Waals surface area contributed by atoms with Gasteiger partial charge in [0.1, 0.15) is 31.0 Å². The second-order valence-corrected chi connectivity index (χ2v) is 8.53. The normalized spacial score (nSPS) is 12.1. The Morgan fingerprint density at radius 2 is 1.38 bits per heavy atom. The van der Waals surface area contributed by atoms with Crippen molar-refractivity contribution >= 4 is 18.0 Å². The molecule has 1 N–H and O–H groups in total. The summed E-state index contributed by atoms with van der Waals surface area (Å²) in [6.07, 6.45) is -0.541. The van der Waals surface area contributed by atoms with Crippen molar-refractivity contribution < 1.29 is 28.6 Å². The third-order valence-electron chi connectivity index (χ3n) is 5.89. The van der Waals surface area contributed by atoms with Crippen molar-refractivity contribution in [2.45, 2.75) is 38.6 Å². The van der Waals surface area contributed by atoms with E-state index in [2.05, 4.69) is 5.32 Å². The monoisotopic (exact) mass is 504 g/mol. The van der Waals surface area contributed by atoms with Crippen LogP contribution in [-0.4, -0.2) is 49.1 Å². The first-order valence-electron chi connectivity index (χ1n) is 11.9. The van der Waals surface area contributed by atoms with Crippen LogP contribution < -0.4 is 10.1 Å². The molecule has 0 unspecified atom stereocenters. The Balaban J connectivity index is 1.67. The second-order valence-electron chi connectivity index (χ2n) is 8.53. The van der Waals surface area contributed by atoms with Crippen LogP contribution in [0.25, 0.3) is 0 Å². The Morgan fingerprint density at radius 1 is 0.811 bits per heavy atom. The summed E-state index contributed by atoms with van der Waals surface area (Å²) in [5.74, 6) is -0.317. The highest BCUT2D eigenvalue weighted by molar-refractivity contribution is 5.89. The van der Waals surface area contributed by atoms with Crippen LogP contribution in [0.1, 0.15) is 23.6 Å². The van der Waals surface area contributed by atoms with E-state index in [1.807, 2.05) is 84.9 Å². The first-order chi connectivity index (χ1) is 17.9. The predicted molar refractivity (Wildman–Crippen MR) is 139 cm³/mol. The number of esters is 1. The van der Waals surface area contributed by atoms with Gasteiger partial charge in [-0.05, 0) is 35.7 Å². The SMILES string of the molecule is COC(=O)[C@@H](C)N(C)C(=O)[C@H](Cc1ccc(OCc2ccccc2)cc1)NC(=O)OCc1ccccc1. The standard InChI is InChI=1S/C29H32N2O6/c1-21(28(33)35-3)31(2)27(32)26(30-29(34)37-20-24-12-8-5-9-13-24)18-22-14-16-25(17-15-22)36-19-23-10-6-4-7-11-23/h4-17,21,26H,18-20H2,1-3H3,(H,30,34)/t21-,26+/m1/s1. The van der Waals surface area contributed by atoms with Crippen molar-refractivity contribution in [3.05, 3.63) is 102 Å². The van der Waals surface area contributed by atoms with E-state index in [0.29, 0.717) is 12.4 Å². The smallest absolute Gasteiger partial charge is 0.408 e. The van der Waals surface area contributed by atoms with Crippen molar-refractivity contribution in [3.8, 4) is 5.75 Å². The Hall–Kier alpha value is -4.33. The topological polar surface area (TPSA) is 94.2 Å². The maximum atomic E-state index is 13.3. The summed E-state index contributed by atoms with van der Waals surface area (Å²) in [6, 6.07) is 24.6. The molecule has 3 aromatic carbocycles. The van der Waals surface area contributed by atoms with E-state index in [9.17, 15) is 14.4 Å². The van der Waals surface area contributed by atoms with Gasteiger partial charge in [-0.2, -0.15) is 0 Å². The molecule has 0 aliphatic carbocycles. The Bertz CT molecular complexity index is 1150. The van der Waals surface area contributed by atoms with Gasteiger partial charge in [0, 0.05) is 13.5 Å². The lowest BCUT2D eigenvalue weighted by Crippen LogP contribution is -2.52. The molecule has 3 rings (SSSR count). The summed E-state index contributed by atoms with van der Waals surface area (Å²) in [5, 5.41) is 2.65. The van der Waals surface area contributed by atoms with Gasteiger partial charge in [0.25, 0.3) is 0 Å². The quantitative estimate of drug-likeness (QED) is 0.395. The van der Waals surface area contributed by atoms with E-state index >= 15 is 0 Å². The summed E-state index contributed by atoms with van der Waals surface area (Å²) in [5.41, 5.74) is 2.68. The molecule has 0 heterocycles. The van der Waals surface area contributed by atoms with Gasteiger partial charge < -0.3 is 24.4 Å². The van der Waals surface area contributed by atoms with Crippen molar-refractivity contribution in [2.24, 2.45) is 0 Å². The lowest BCUT2D eigenvalue weighted by Gasteiger charge is -2.28. The lowest BCUT2D eigenvalue weighted by atomic mass is 10.0. The third-order valence-corrected chi connectivity index (χ3v) is 5.89. The molecule has 0 saturated heterocycles. The number of nitrogens with zero attached hydrogens (tertiary/aromatic N) is 1. The third kappa shape index (κ3) is 8.38. The maximum Gasteiger partial charge on any atom is 0.408 e. The molecule has 0 bridgehead atoms. The van der Waals surface area contributed by atoms with Crippen LogP contribution >= 0.6 is 0 Å². The minimum Gasteiger partial charge on any atom is -0.489 e. The summed E-state index contributed by atoms with van der Waals surface area (Å²) in [6.45, 7) is 2.06. The number of rotatable bonds is 11. The number of benzene rings is 3. The molecule has 0 radical (unpaired) electrons. The van der Waals surface area contributed by atoms with Gasteiger partial charge in [-0.25, -0.2) is 9.59 Å². The summed E-state index contributed by atoms with van der Waals surface area (Å²) in [4.78, 5) is 39.1. The number of likely N-dealkylation sites (N-methyl/N-ethyl adjacent to an activating group) is 1. The molecule has 194 valence electrons. The van der Waals surface area contributed by atoms with Crippen molar-refractivity contribution in [2.75, 3.05) is 14.2 Å². The molecule has 0 aliphatic heterocycles. The van der Waals surface area contributed by atoms with Crippen LogP contribution in [0.2, 0.25) is 0 Å². The van der Waals surface area contributed by atoms with Crippen molar-refractivity contribution in [3.63, 3.8) is 0 Å². The van der Waals surface area contributed by atoms with Crippen molar-refractivity contribution in [1.29, 1.82) is 0 Å². The number of ether oxygens (including phenoxy) is 3. The van der Waals surface area contributed by atoms with Gasteiger partial charge in [-0.15, -0.1) is 0 Å². The van der Waals surface area contributed by atoms with E-state index < -0.39 is 30.1 Å². The van der Waals surface area contributed by atoms with E-state index in [4.69, 9.17) is 14.2 Å². The zero-order chi connectivity index (χ0) is 26.6. The summed E-state index contributed by atoms with van der Waals surface area (Å²) in [7, 11) is 2.75. The van der Waals surface area contributed by atoms with Gasteiger partial charge in [-0.1, -0.05) is 72.8 Å². The number of methoxy groups -OCH3 is 1. The lowest BCUT2D eigenvalue weighted by molar-refractivity contribution is -0.151. The van der Waals surface area contributed by atoms with E-state index in [1.165, 1.54) is 19.1 Å². The molecule has 2 amide bonds. The first kappa shape index (κ1) is 27.3. The average Bonchev–Trinajstić information content (AvgIpc) is 2.94. The number of amides is 2. The largest absolute Gasteiger partial charge is 0.489 e. The van der Waals surface area contributed by atoms with Gasteiger partial charge in [-0.3, -0.25) is 4.79 Å². The number of nitrogens with one attached hydrogen (secondary N) is 1. The maximum absolute atomic E-state index is 13.3. The number of hydrogen-bond acceptors (Lipinski definition) is 6. The van der Waals surface area contributed by atoms with Crippen LogP contribution in [-0.2, 0) is 38.7 Å². The second kappa shape index (κ2) is 13.7. The van der Waals surface area contributed by atoms with Crippen LogP contribution in [0.3, 0.4) is 0 Å². The molecule has 3 aromatic rings. The van der Waals surface area contributed by atoms with Crippen LogP contribution in [0.5, 0.6) is 5.75 Å². The number of carbonyl (C=O) groups excluding carboxylic acids is 3. The van der Waals surface area contributed by atoms with E-state index in [0.717, 1.165) is 16.7 Å². The minimum absolute atomic E-state index is 0.0649.